The first-order valence-electron chi connectivity index (χ1n) is 10.3. The lowest BCUT2D eigenvalue weighted by Gasteiger charge is -1.98. The number of aliphatic imine (C=N–C) groups is 2. The summed E-state index contributed by atoms with van der Waals surface area (Å²) < 4.78 is 0. The van der Waals surface area contributed by atoms with Crippen LogP contribution in [-0.2, 0) is 0 Å². The van der Waals surface area contributed by atoms with Gasteiger partial charge in [0.2, 0.25) is 0 Å². The van der Waals surface area contributed by atoms with Crippen molar-refractivity contribution in [2.75, 3.05) is 0 Å². The normalized spacial score (nSPS) is 11.7. The van der Waals surface area contributed by atoms with E-state index in [1.807, 2.05) is 103 Å². The summed E-state index contributed by atoms with van der Waals surface area (Å²) in [7, 11) is 0. The molecule has 0 fully saturated rings. The molecular formula is C27H18Cl2N4. The molecule has 5 aromatic rings. The lowest BCUT2D eigenvalue weighted by Crippen LogP contribution is -1.81. The summed E-state index contributed by atoms with van der Waals surface area (Å²) >= 11 is 11.9. The van der Waals surface area contributed by atoms with Crippen molar-refractivity contribution < 1.29 is 0 Å². The van der Waals surface area contributed by atoms with Gasteiger partial charge >= 0.3 is 0 Å². The summed E-state index contributed by atoms with van der Waals surface area (Å²) in [5.41, 5.74) is 6.51. The molecule has 0 amide bonds. The molecule has 0 unspecified atom stereocenters. The lowest BCUT2D eigenvalue weighted by atomic mass is 10.2. The van der Waals surface area contributed by atoms with Crippen LogP contribution in [0.3, 0.4) is 0 Å². The first-order chi connectivity index (χ1) is 16.1. The Bertz CT molecular complexity index is 1450. The molecule has 4 aromatic carbocycles. The van der Waals surface area contributed by atoms with Crippen LogP contribution in [0.5, 0.6) is 0 Å². The molecule has 4 nitrogen and oxygen atoms in total. The van der Waals surface area contributed by atoms with Crippen LogP contribution in [-0.4, -0.2) is 22.4 Å². The van der Waals surface area contributed by atoms with Crippen molar-refractivity contribution in [3.05, 3.63) is 112 Å². The van der Waals surface area contributed by atoms with E-state index in [4.69, 9.17) is 28.2 Å². The average Bonchev–Trinajstić information content (AvgIpc) is 3.27. The Hall–Kier alpha value is -3.73. The molecule has 33 heavy (non-hydrogen) atoms. The van der Waals surface area contributed by atoms with Gasteiger partial charge in [-0.1, -0.05) is 47.5 Å². The van der Waals surface area contributed by atoms with E-state index in [1.165, 1.54) is 0 Å². The van der Waals surface area contributed by atoms with Gasteiger partial charge in [-0.05, 0) is 77.9 Å². The molecule has 0 saturated heterocycles. The Morgan fingerprint density at radius 3 is 1.79 bits per heavy atom. The largest absolute Gasteiger partial charge is 0.338 e. The molecular weight excluding hydrogens is 451 g/mol. The van der Waals surface area contributed by atoms with E-state index in [9.17, 15) is 0 Å². The molecule has 0 atom stereocenters. The molecule has 6 heteroatoms. The number of aromatic nitrogens is 2. The highest BCUT2D eigenvalue weighted by Gasteiger charge is 2.06. The molecule has 0 aliphatic carbocycles. The molecule has 0 radical (unpaired) electrons. The number of nitrogens with zero attached hydrogens (tertiary/aromatic N) is 3. The van der Waals surface area contributed by atoms with Gasteiger partial charge in [0.05, 0.1) is 22.4 Å². The molecule has 0 saturated carbocycles. The van der Waals surface area contributed by atoms with Gasteiger partial charge in [-0.15, -0.1) is 0 Å². The molecule has 0 bridgehead atoms. The van der Waals surface area contributed by atoms with Gasteiger partial charge in [-0.3, -0.25) is 9.98 Å². The predicted molar refractivity (Wildman–Crippen MR) is 139 cm³/mol. The van der Waals surface area contributed by atoms with Gasteiger partial charge in [0.1, 0.15) is 5.82 Å². The smallest absolute Gasteiger partial charge is 0.138 e. The van der Waals surface area contributed by atoms with Crippen LogP contribution < -0.4 is 0 Å². The summed E-state index contributed by atoms with van der Waals surface area (Å²) in [5, 5.41) is 1.42. The molecule has 160 valence electrons. The van der Waals surface area contributed by atoms with Crippen LogP contribution in [0.15, 0.2) is 101 Å². The number of H-pyrrole nitrogens is 1. The highest BCUT2D eigenvalue weighted by Crippen LogP contribution is 2.26. The minimum Gasteiger partial charge on any atom is -0.338 e. The highest BCUT2D eigenvalue weighted by atomic mass is 35.5. The van der Waals surface area contributed by atoms with Gasteiger partial charge in [0.15, 0.2) is 0 Å². The van der Waals surface area contributed by atoms with Crippen molar-refractivity contribution in [1.82, 2.24) is 9.97 Å². The van der Waals surface area contributed by atoms with Crippen molar-refractivity contribution in [3.63, 3.8) is 0 Å². The lowest BCUT2D eigenvalue weighted by molar-refractivity contribution is 1.33. The van der Waals surface area contributed by atoms with Crippen molar-refractivity contribution in [1.29, 1.82) is 0 Å². The fourth-order valence-corrected chi connectivity index (χ4v) is 3.57. The van der Waals surface area contributed by atoms with E-state index in [0.29, 0.717) is 10.0 Å². The maximum atomic E-state index is 5.94. The Kier molecular flexibility index (Phi) is 6.03. The molecule has 1 aromatic heterocycles. The maximum Gasteiger partial charge on any atom is 0.138 e. The van der Waals surface area contributed by atoms with Crippen molar-refractivity contribution in [2.45, 2.75) is 0 Å². The monoisotopic (exact) mass is 468 g/mol. The van der Waals surface area contributed by atoms with Crippen molar-refractivity contribution >= 4 is 58.0 Å². The molecule has 1 heterocycles. The first-order valence-corrected chi connectivity index (χ1v) is 11.1. The fraction of sp³-hybridized carbons (Fsp3) is 0. The minimum absolute atomic E-state index is 0.708. The molecule has 1 N–H and O–H groups in total. The zero-order valence-corrected chi connectivity index (χ0v) is 18.9. The summed E-state index contributed by atoms with van der Waals surface area (Å²) in [4.78, 5) is 17.2. The second-order valence-corrected chi connectivity index (χ2v) is 8.33. The quantitative estimate of drug-likeness (QED) is 0.260. The number of imidazole rings is 1. The van der Waals surface area contributed by atoms with Gasteiger partial charge in [0, 0.05) is 28.0 Å². The van der Waals surface area contributed by atoms with Gasteiger partial charge < -0.3 is 4.98 Å². The number of benzene rings is 4. The van der Waals surface area contributed by atoms with Crippen LogP contribution in [0, 0.1) is 0 Å². The third-order valence-corrected chi connectivity index (χ3v) is 5.58. The van der Waals surface area contributed by atoms with E-state index in [2.05, 4.69) is 15.0 Å². The standard InChI is InChI=1S/C27H18Cl2N4/c28-21-7-1-18(2-8-21)16-30-23-11-5-20(6-12-23)27-32-25-14-13-24(15-26(25)33-27)31-17-19-3-9-22(29)10-4-19/h1-17H,(H,32,33). The zero-order valence-electron chi connectivity index (χ0n) is 17.4. The van der Waals surface area contributed by atoms with Crippen LogP contribution in [0.1, 0.15) is 11.1 Å². The topological polar surface area (TPSA) is 53.4 Å². The SMILES string of the molecule is Clc1ccc(C=Nc2ccc(-c3nc4ccc(N=Cc5ccc(Cl)cc5)cc4[nH]3)cc2)cc1. The molecule has 0 spiro atoms. The van der Waals surface area contributed by atoms with E-state index in [0.717, 1.165) is 44.9 Å². The van der Waals surface area contributed by atoms with E-state index < -0.39 is 0 Å². The third-order valence-electron chi connectivity index (χ3n) is 5.07. The molecule has 0 aliphatic heterocycles. The van der Waals surface area contributed by atoms with E-state index in [1.54, 1.807) is 0 Å². The van der Waals surface area contributed by atoms with Crippen LogP contribution >= 0.6 is 23.2 Å². The molecule has 0 aliphatic rings. The van der Waals surface area contributed by atoms with E-state index in [-0.39, 0.29) is 0 Å². The zero-order chi connectivity index (χ0) is 22.6. The first kappa shape index (κ1) is 21.1. The second-order valence-electron chi connectivity index (χ2n) is 7.45. The van der Waals surface area contributed by atoms with E-state index >= 15 is 0 Å². The van der Waals surface area contributed by atoms with Crippen LogP contribution in [0.4, 0.5) is 11.4 Å². The Balaban J connectivity index is 1.33. The number of aromatic amines is 1. The van der Waals surface area contributed by atoms with Gasteiger partial charge in [-0.25, -0.2) is 4.98 Å². The third kappa shape index (κ3) is 5.20. The predicted octanol–water partition coefficient (Wildman–Crippen LogP) is 8.04. The summed E-state index contributed by atoms with van der Waals surface area (Å²) in [5.74, 6) is 0.803. The minimum atomic E-state index is 0.708. The summed E-state index contributed by atoms with van der Waals surface area (Å²) in [6.45, 7) is 0. The van der Waals surface area contributed by atoms with Gasteiger partial charge in [-0.2, -0.15) is 0 Å². The number of rotatable bonds is 5. The molecule has 5 rings (SSSR count). The van der Waals surface area contributed by atoms with Gasteiger partial charge in [0.25, 0.3) is 0 Å². The number of nitrogens with one attached hydrogen (secondary N) is 1. The Labute approximate surface area is 201 Å². The Morgan fingerprint density at radius 2 is 1.18 bits per heavy atom. The Morgan fingerprint density at radius 1 is 0.636 bits per heavy atom. The maximum absolute atomic E-state index is 5.94. The number of fused-ring (bicyclic) bond motifs is 1. The number of halogens is 2. The van der Waals surface area contributed by atoms with Crippen molar-refractivity contribution in [3.8, 4) is 11.4 Å². The summed E-state index contributed by atoms with van der Waals surface area (Å²) in [6, 6.07) is 29.0. The summed E-state index contributed by atoms with van der Waals surface area (Å²) in [6.07, 6.45) is 3.64. The second kappa shape index (κ2) is 9.41. The number of hydrogen-bond donors (Lipinski definition) is 1. The number of hydrogen-bond acceptors (Lipinski definition) is 3. The van der Waals surface area contributed by atoms with Crippen LogP contribution in [0.2, 0.25) is 10.0 Å². The fourth-order valence-electron chi connectivity index (χ4n) is 3.32. The average molecular weight is 469 g/mol. The highest BCUT2D eigenvalue weighted by molar-refractivity contribution is 6.30. The van der Waals surface area contributed by atoms with Crippen molar-refractivity contribution in [2.24, 2.45) is 9.98 Å². The van der Waals surface area contributed by atoms with Crippen LogP contribution in [0.25, 0.3) is 22.4 Å².